The number of imidazole rings is 1. The Morgan fingerprint density at radius 1 is 1.35 bits per heavy atom. The highest BCUT2D eigenvalue weighted by molar-refractivity contribution is 5.48. The first kappa shape index (κ1) is 11.8. The third kappa shape index (κ3) is 2.72. The molecule has 2 rings (SSSR count). The molecule has 0 bridgehead atoms. The summed E-state index contributed by atoms with van der Waals surface area (Å²) in [5.41, 5.74) is 1.37. The van der Waals surface area contributed by atoms with Gasteiger partial charge in [-0.1, -0.05) is 18.4 Å². The minimum atomic E-state index is -0.401. The van der Waals surface area contributed by atoms with Gasteiger partial charge in [0.25, 0.3) is 0 Å². The monoisotopic (exact) mass is 235 g/mol. The van der Waals surface area contributed by atoms with Crippen molar-refractivity contribution in [3.63, 3.8) is 0 Å². The molecule has 5 heteroatoms. The Labute approximate surface area is 100 Å². The fourth-order valence-electron chi connectivity index (χ4n) is 2.23. The molecule has 5 nitrogen and oxygen atoms in total. The molecule has 0 atom stereocenters. The summed E-state index contributed by atoms with van der Waals surface area (Å²) >= 11 is 0. The number of aromatic nitrogens is 2. The maximum atomic E-state index is 10.7. The lowest BCUT2D eigenvalue weighted by Gasteiger charge is -2.01. The van der Waals surface area contributed by atoms with Crippen molar-refractivity contribution in [1.29, 1.82) is 0 Å². The molecular weight excluding hydrogens is 218 g/mol. The molecule has 0 spiro atoms. The van der Waals surface area contributed by atoms with Crippen LogP contribution in [0.3, 0.4) is 0 Å². The second-order valence-electron chi connectivity index (χ2n) is 4.51. The van der Waals surface area contributed by atoms with Crippen molar-refractivity contribution in [2.24, 2.45) is 7.05 Å². The second-order valence-corrected chi connectivity index (χ2v) is 4.51. The lowest BCUT2D eigenvalue weighted by molar-refractivity contribution is -0.391. The summed E-state index contributed by atoms with van der Waals surface area (Å²) in [5, 5.41) is 10.7. The van der Waals surface area contributed by atoms with E-state index in [-0.39, 0.29) is 5.82 Å². The van der Waals surface area contributed by atoms with Crippen LogP contribution in [0.4, 0.5) is 5.82 Å². The molecule has 1 aliphatic carbocycles. The summed E-state index contributed by atoms with van der Waals surface area (Å²) < 4.78 is 1.54. The van der Waals surface area contributed by atoms with E-state index in [4.69, 9.17) is 0 Å². The van der Waals surface area contributed by atoms with Gasteiger partial charge in [0.2, 0.25) is 5.82 Å². The molecule has 17 heavy (non-hydrogen) atoms. The first-order valence-corrected chi connectivity index (χ1v) is 6.04. The van der Waals surface area contributed by atoms with Gasteiger partial charge in [0, 0.05) is 6.08 Å². The zero-order chi connectivity index (χ0) is 12.3. The van der Waals surface area contributed by atoms with Crippen LogP contribution in [-0.2, 0) is 7.05 Å². The van der Waals surface area contributed by atoms with Crippen LogP contribution in [-0.4, -0.2) is 14.5 Å². The lowest BCUT2D eigenvalue weighted by atomic mass is 10.1. The highest BCUT2D eigenvalue weighted by atomic mass is 16.6. The third-order valence-electron chi connectivity index (χ3n) is 3.27. The van der Waals surface area contributed by atoms with Crippen LogP contribution in [0.15, 0.2) is 11.8 Å². The topological polar surface area (TPSA) is 61.0 Å². The minimum Gasteiger partial charge on any atom is -0.358 e. The van der Waals surface area contributed by atoms with Gasteiger partial charge in [0.1, 0.15) is 6.20 Å². The molecule has 1 aliphatic rings. The van der Waals surface area contributed by atoms with Crippen LogP contribution in [0.5, 0.6) is 0 Å². The van der Waals surface area contributed by atoms with Crippen molar-refractivity contribution >= 4 is 11.9 Å². The van der Waals surface area contributed by atoms with Gasteiger partial charge in [-0.3, -0.25) is 0 Å². The molecule has 1 aromatic rings. The molecule has 0 aromatic carbocycles. The smallest absolute Gasteiger partial charge is 0.342 e. The average Bonchev–Trinajstić information content (AvgIpc) is 2.52. The van der Waals surface area contributed by atoms with Crippen LogP contribution < -0.4 is 0 Å². The quantitative estimate of drug-likeness (QED) is 0.449. The Morgan fingerprint density at radius 3 is 2.53 bits per heavy atom. The first-order valence-electron chi connectivity index (χ1n) is 6.04. The number of hydrogen-bond donors (Lipinski definition) is 0. The molecule has 0 amide bonds. The van der Waals surface area contributed by atoms with E-state index < -0.39 is 4.92 Å². The summed E-state index contributed by atoms with van der Waals surface area (Å²) in [5.74, 6) is 0.735. The molecule has 1 fully saturated rings. The molecule has 0 saturated heterocycles. The van der Waals surface area contributed by atoms with Crippen molar-refractivity contribution in [2.75, 3.05) is 0 Å². The maximum Gasteiger partial charge on any atom is 0.342 e. The zero-order valence-corrected chi connectivity index (χ0v) is 10.1. The fourth-order valence-corrected chi connectivity index (χ4v) is 2.23. The molecule has 0 aliphatic heterocycles. The summed E-state index contributed by atoms with van der Waals surface area (Å²) in [4.78, 5) is 14.4. The molecular formula is C12H17N3O2. The summed E-state index contributed by atoms with van der Waals surface area (Å²) in [7, 11) is 1.69. The fraction of sp³-hybridized carbons (Fsp3) is 0.583. The van der Waals surface area contributed by atoms with Gasteiger partial charge in [-0.05, 0) is 30.6 Å². The van der Waals surface area contributed by atoms with Gasteiger partial charge in [-0.2, -0.15) is 0 Å². The van der Waals surface area contributed by atoms with Gasteiger partial charge in [-0.15, -0.1) is 0 Å². The predicted octanol–water partition coefficient (Wildman–Crippen LogP) is 3.07. The summed E-state index contributed by atoms with van der Waals surface area (Å²) in [6.45, 7) is 0. The van der Waals surface area contributed by atoms with E-state index in [1.54, 1.807) is 7.05 Å². The van der Waals surface area contributed by atoms with Crippen molar-refractivity contribution in [1.82, 2.24) is 9.55 Å². The van der Waals surface area contributed by atoms with E-state index in [0.717, 1.165) is 12.8 Å². The van der Waals surface area contributed by atoms with E-state index in [1.165, 1.54) is 42.0 Å². The Kier molecular flexibility index (Phi) is 3.56. The highest BCUT2D eigenvalue weighted by Crippen LogP contribution is 2.24. The highest BCUT2D eigenvalue weighted by Gasteiger charge is 2.15. The molecule has 92 valence electrons. The van der Waals surface area contributed by atoms with Gasteiger partial charge >= 0.3 is 5.82 Å². The van der Waals surface area contributed by atoms with Crippen molar-refractivity contribution in [3.05, 3.63) is 27.7 Å². The van der Waals surface area contributed by atoms with E-state index in [1.807, 2.05) is 6.08 Å². The third-order valence-corrected chi connectivity index (χ3v) is 3.27. The summed E-state index contributed by atoms with van der Waals surface area (Å²) in [6.07, 6.45) is 10.6. The van der Waals surface area contributed by atoms with Gasteiger partial charge in [0.15, 0.2) is 0 Å². The van der Waals surface area contributed by atoms with Crippen LogP contribution in [0, 0.1) is 10.1 Å². The number of allylic oxidation sites excluding steroid dienone is 1. The standard InChI is InChI=1S/C12H17N3O2/c1-14-11(13-9-12(14)15(16)17)8-10-6-4-2-3-5-7-10/h8-9H,2-7H2,1H3. The number of rotatable bonds is 2. The lowest BCUT2D eigenvalue weighted by Crippen LogP contribution is -1.99. The molecule has 1 heterocycles. The Balaban J connectivity index is 2.22. The van der Waals surface area contributed by atoms with Crippen molar-refractivity contribution in [2.45, 2.75) is 38.5 Å². The Hall–Kier alpha value is -1.65. The SMILES string of the molecule is Cn1c([N+](=O)[O-])cnc1C=C1CCCCCC1. The molecule has 1 aromatic heterocycles. The molecule has 0 radical (unpaired) electrons. The van der Waals surface area contributed by atoms with E-state index in [0.29, 0.717) is 5.82 Å². The number of nitrogens with zero attached hydrogens (tertiary/aromatic N) is 3. The van der Waals surface area contributed by atoms with Crippen molar-refractivity contribution < 1.29 is 4.92 Å². The Bertz CT molecular complexity index is 439. The Morgan fingerprint density at radius 2 is 2.00 bits per heavy atom. The van der Waals surface area contributed by atoms with Crippen LogP contribution >= 0.6 is 0 Å². The average molecular weight is 235 g/mol. The van der Waals surface area contributed by atoms with E-state index >= 15 is 0 Å². The van der Waals surface area contributed by atoms with Gasteiger partial charge in [-0.25, -0.2) is 9.55 Å². The van der Waals surface area contributed by atoms with Crippen LogP contribution in [0.1, 0.15) is 44.3 Å². The number of nitro groups is 1. The first-order chi connectivity index (χ1) is 8.18. The van der Waals surface area contributed by atoms with Crippen LogP contribution in [0.2, 0.25) is 0 Å². The van der Waals surface area contributed by atoms with Crippen LogP contribution in [0.25, 0.3) is 6.08 Å². The minimum absolute atomic E-state index is 0.0467. The molecule has 1 saturated carbocycles. The second kappa shape index (κ2) is 5.12. The predicted molar refractivity (Wildman–Crippen MR) is 65.5 cm³/mol. The summed E-state index contributed by atoms with van der Waals surface area (Å²) in [6, 6.07) is 0. The maximum absolute atomic E-state index is 10.7. The number of hydrogen-bond acceptors (Lipinski definition) is 3. The molecule has 0 N–H and O–H groups in total. The van der Waals surface area contributed by atoms with Crippen molar-refractivity contribution in [3.8, 4) is 0 Å². The normalized spacial score (nSPS) is 16.6. The van der Waals surface area contributed by atoms with Gasteiger partial charge < -0.3 is 10.1 Å². The van der Waals surface area contributed by atoms with E-state index in [9.17, 15) is 10.1 Å². The van der Waals surface area contributed by atoms with Gasteiger partial charge in [0.05, 0.1) is 7.05 Å². The molecule has 0 unspecified atom stereocenters. The largest absolute Gasteiger partial charge is 0.358 e. The van der Waals surface area contributed by atoms with E-state index in [2.05, 4.69) is 4.98 Å². The zero-order valence-electron chi connectivity index (χ0n) is 10.1.